The van der Waals surface area contributed by atoms with E-state index in [9.17, 15) is 4.79 Å². The molecule has 4 aromatic rings. The first-order valence-electron chi connectivity index (χ1n) is 8.10. The second-order valence-electron chi connectivity index (χ2n) is 5.70. The van der Waals surface area contributed by atoms with E-state index in [0.29, 0.717) is 17.5 Å². The average Bonchev–Trinajstić information content (AvgIpc) is 3.24. The molecule has 0 saturated carbocycles. The topological polar surface area (TPSA) is 70.9 Å². The summed E-state index contributed by atoms with van der Waals surface area (Å²) in [5, 5.41) is 4.67. The third kappa shape index (κ3) is 3.53. The van der Waals surface area contributed by atoms with Crippen LogP contribution in [0.1, 0.15) is 5.56 Å². The van der Waals surface area contributed by atoms with E-state index >= 15 is 0 Å². The summed E-state index contributed by atoms with van der Waals surface area (Å²) in [4.78, 5) is 19.6. The number of oxazole rings is 1. The van der Waals surface area contributed by atoms with Crippen molar-refractivity contribution in [3.8, 4) is 0 Å². The number of para-hydroxylation sites is 3. The first-order valence-corrected chi connectivity index (χ1v) is 9.08. The van der Waals surface area contributed by atoms with Crippen molar-refractivity contribution in [1.82, 2.24) is 15.3 Å². The fraction of sp³-hybridized carbons (Fsp3) is 0.158. The summed E-state index contributed by atoms with van der Waals surface area (Å²) in [6.45, 7) is 0.606. The number of carbonyl (C=O) groups is 1. The van der Waals surface area contributed by atoms with Gasteiger partial charge in [0.25, 0.3) is 5.22 Å². The number of aromatic amines is 1. The number of hydrogen-bond acceptors (Lipinski definition) is 4. The Kier molecular flexibility index (Phi) is 4.43. The molecule has 6 heteroatoms. The predicted molar refractivity (Wildman–Crippen MR) is 99.7 cm³/mol. The van der Waals surface area contributed by atoms with Crippen molar-refractivity contribution in [2.45, 2.75) is 11.6 Å². The monoisotopic (exact) mass is 351 g/mol. The van der Waals surface area contributed by atoms with E-state index in [1.165, 1.54) is 22.7 Å². The largest absolute Gasteiger partial charge is 0.431 e. The summed E-state index contributed by atoms with van der Waals surface area (Å²) in [7, 11) is 0. The maximum Gasteiger partial charge on any atom is 0.257 e. The maximum absolute atomic E-state index is 12.0. The van der Waals surface area contributed by atoms with E-state index < -0.39 is 0 Å². The Bertz CT molecular complexity index is 989. The molecule has 0 aliphatic heterocycles. The molecule has 126 valence electrons. The number of H-pyrrole nitrogens is 1. The number of carbonyl (C=O) groups excluding carboxylic acids is 1. The van der Waals surface area contributed by atoms with E-state index in [4.69, 9.17) is 4.42 Å². The van der Waals surface area contributed by atoms with Crippen LogP contribution in [0.5, 0.6) is 0 Å². The van der Waals surface area contributed by atoms with Crippen LogP contribution in [-0.4, -0.2) is 28.2 Å². The van der Waals surface area contributed by atoms with Gasteiger partial charge in [0.2, 0.25) is 5.91 Å². The van der Waals surface area contributed by atoms with Gasteiger partial charge < -0.3 is 14.7 Å². The molecule has 0 fully saturated rings. The van der Waals surface area contributed by atoms with Gasteiger partial charge in [-0.15, -0.1) is 0 Å². The zero-order chi connectivity index (χ0) is 17.1. The number of nitrogens with one attached hydrogen (secondary N) is 2. The third-order valence-corrected chi connectivity index (χ3v) is 4.82. The van der Waals surface area contributed by atoms with Gasteiger partial charge in [0, 0.05) is 23.6 Å². The lowest BCUT2D eigenvalue weighted by molar-refractivity contribution is -0.118. The van der Waals surface area contributed by atoms with Crippen molar-refractivity contribution in [3.63, 3.8) is 0 Å². The van der Waals surface area contributed by atoms with Gasteiger partial charge in [0.05, 0.1) is 5.75 Å². The first-order chi connectivity index (χ1) is 12.3. The summed E-state index contributed by atoms with van der Waals surface area (Å²) in [6.07, 6.45) is 2.80. The van der Waals surface area contributed by atoms with Crippen LogP contribution in [0.3, 0.4) is 0 Å². The molecule has 5 nitrogen and oxygen atoms in total. The summed E-state index contributed by atoms with van der Waals surface area (Å²) in [6, 6.07) is 15.7. The highest BCUT2D eigenvalue weighted by Gasteiger charge is 2.09. The van der Waals surface area contributed by atoms with Crippen LogP contribution >= 0.6 is 11.8 Å². The number of nitrogens with zero attached hydrogens (tertiary/aromatic N) is 1. The molecule has 0 radical (unpaired) electrons. The van der Waals surface area contributed by atoms with Gasteiger partial charge in [0.1, 0.15) is 5.52 Å². The van der Waals surface area contributed by atoms with Crippen LogP contribution in [0, 0.1) is 0 Å². The molecule has 0 atom stereocenters. The normalized spacial score (nSPS) is 11.2. The van der Waals surface area contributed by atoms with Crippen LogP contribution in [-0.2, 0) is 11.2 Å². The second kappa shape index (κ2) is 7.03. The van der Waals surface area contributed by atoms with Crippen LogP contribution in [0.15, 0.2) is 64.4 Å². The standard InChI is InChI=1S/C19H17N3O2S/c23-18(12-25-19-22-16-7-3-4-8-17(16)24-19)20-10-9-13-11-21-15-6-2-1-5-14(13)15/h1-8,11,21H,9-10,12H2,(H,20,23). The number of benzene rings is 2. The second-order valence-corrected chi connectivity index (χ2v) is 6.62. The molecule has 2 aromatic carbocycles. The molecule has 2 aromatic heterocycles. The minimum Gasteiger partial charge on any atom is -0.431 e. The Balaban J connectivity index is 1.27. The van der Waals surface area contributed by atoms with Gasteiger partial charge in [-0.2, -0.15) is 0 Å². The molecule has 0 bridgehead atoms. The minimum absolute atomic E-state index is 0.0212. The van der Waals surface area contributed by atoms with E-state index in [-0.39, 0.29) is 5.91 Å². The van der Waals surface area contributed by atoms with Crippen LogP contribution in [0.2, 0.25) is 0 Å². The van der Waals surface area contributed by atoms with Gasteiger partial charge in [0.15, 0.2) is 5.58 Å². The van der Waals surface area contributed by atoms with Crippen LogP contribution in [0.25, 0.3) is 22.0 Å². The van der Waals surface area contributed by atoms with Crippen molar-refractivity contribution in [1.29, 1.82) is 0 Å². The SMILES string of the molecule is O=C(CSc1nc2ccccc2o1)NCCc1c[nH]c2ccccc12. The molecule has 0 unspecified atom stereocenters. The zero-order valence-electron chi connectivity index (χ0n) is 13.5. The van der Waals surface area contributed by atoms with Gasteiger partial charge in [-0.05, 0) is 30.2 Å². The lowest BCUT2D eigenvalue weighted by atomic mass is 10.1. The number of hydrogen-bond donors (Lipinski definition) is 2. The highest BCUT2D eigenvalue weighted by Crippen LogP contribution is 2.23. The Hall–Kier alpha value is -2.73. The molecule has 0 aliphatic carbocycles. The fourth-order valence-corrected chi connectivity index (χ4v) is 3.43. The van der Waals surface area contributed by atoms with Crippen LogP contribution < -0.4 is 5.32 Å². The average molecular weight is 351 g/mol. The molecule has 25 heavy (non-hydrogen) atoms. The van der Waals surface area contributed by atoms with Gasteiger partial charge >= 0.3 is 0 Å². The van der Waals surface area contributed by atoms with Gasteiger partial charge in [-0.25, -0.2) is 4.98 Å². The molecular weight excluding hydrogens is 334 g/mol. The molecule has 2 heterocycles. The number of rotatable bonds is 6. The molecule has 0 spiro atoms. The van der Waals surface area contributed by atoms with Crippen molar-refractivity contribution in [3.05, 3.63) is 60.3 Å². The maximum atomic E-state index is 12.0. The van der Waals surface area contributed by atoms with Crippen molar-refractivity contribution >= 4 is 39.7 Å². The lowest BCUT2D eigenvalue weighted by Crippen LogP contribution is -2.27. The van der Waals surface area contributed by atoms with E-state index in [1.807, 2.05) is 48.7 Å². The Labute approximate surface area is 148 Å². The number of aromatic nitrogens is 2. The van der Waals surface area contributed by atoms with Crippen LogP contribution in [0.4, 0.5) is 0 Å². The first kappa shape index (κ1) is 15.8. The Morgan fingerprint density at radius 3 is 2.92 bits per heavy atom. The van der Waals surface area contributed by atoms with E-state index in [1.54, 1.807) is 0 Å². The Morgan fingerprint density at radius 1 is 1.16 bits per heavy atom. The minimum atomic E-state index is -0.0212. The number of thioether (sulfide) groups is 1. The van der Waals surface area contributed by atoms with Gasteiger partial charge in [-0.1, -0.05) is 42.1 Å². The summed E-state index contributed by atoms with van der Waals surface area (Å²) < 4.78 is 5.60. The zero-order valence-corrected chi connectivity index (χ0v) is 14.3. The molecule has 2 N–H and O–H groups in total. The third-order valence-electron chi connectivity index (χ3n) is 3.99. The lowest BCUT2D eigenvalue weighted by Gasteiger charge is -2.03. The van der Waals surface area contributed by atoms with Gasteiger partial charge in [-0.3, -0.25) is 4.79 Å². The summed E-state index contributed by atoms with van der Waals surface area (Å²) in [5.41, 5.74) is 3.88. The number of fused-ring (bicyclic) bond motifs is 2. The predicted octanol–water partition coefficient (Wildman–Crippen LogP) is 3.76. The molecule has 1 amide bonds. The van der Waals surface area contributed by atoms with Crippen molar-refractivity contribution in [2.24, 2.45) is 0 Å². The molecule has 0 aliphatic rings. The van der Waals surface area contributed by atoms with E-state index in [2.05, 4.69) is 21.4 Å². The highest BCUT2D eigenvalue weighted by molar-refractivity contribution is 7.99. The quantitative estimate of drug-likeness (QED) is 0.519. The fourth-order valence-electron chi connectivity index (χ4n) is 2.77. The summed E-state index contributed by atoms with van der Waals surface area (Å²) in [5.74, 6) is 0.271. The smallest absolute Gasteiger partial charge is 0.257 e. The molecule has 0 saturated heterocycles. The summed E-state index contributed by atoms with van der Waals surface area (Å²) >= 11 is 1.31. The van der Waals surface area contributed by atoms with Crippen molar-refractivity contribution < 1.29 is 9.21 Å². The number of amides is 1. The molecular formula is C19H17N3O2S. The van der Waals surface area contributed by atoms with E-state index in [0.717, 1.165) is 23.0 Å². The van der Waals surface area contributed by atoms with Crippen molar-refractivity contribution in [2.75, 3.05) is 12.3 Å². The Morgan fingerprint density at radius 2 is 2.00 bits per heavy atom. The highest BCUT2D eigenvalue weighted by atomic mass is 32.2. The molecule has 4 rings (SSSR count).